The van der Waals surface area contributed by atoms with Gasteiger partial charge in [0.25, 0.3) is 0 Å². The van der Waals surface area contributed by atoms with Crippen LogP contribution in [0.25, 0.3) is 10.8 Å². The molecule has 0 saturated carbocycles. The number of methoxy groups -OCH3 is 1. The summed E-state index contributed by atoms with van der Waals surface area (Å²) in [6.45, 7) is 1.98. The van der Waals surface area contributed by atoms with E-state index in [1.807, 2.05) is 30.3 Å². The third-order valence-corrected chi connectivity index (χ3v) is 4.47. The highest BCUT2D eigenvalue weighted by atomic mass is 16.5. The Morgan fingerprint density at radius 3 is 2.35 bits per heavy atom. The van der Waals surface area contributed by atoms with Crippen LogP contribution >= 0.6 is 0 Å². The van der Waals surface area contributed by atoms with Crippen LogP contribution in [-0.4, -0.2) is 25.5 Å². The molecule has 0 atom stereocenters. The maximum absolute atomic E-state index is 12.3. The molecule has 0 radical (unpaired) electrons. The minimum atomic E-state index is -0.292. The van der Waals surface area contributed by atoms with Crippen LogP contribution in [0.4, 0.5) is 0 Å². The third kappa shape index (κ3) is 6.17. The Hall–Kier alpha value is -2.36. The molecule has 2 aromatic rings. The van der Waals surface area contributed by atoms with Gasteiger partial charge >= 0.3 is 5.97 Å². The lowest BCUT2D eigenvalue weighted by molar-refractivity contribution is -0.142. The molecule has 0 bridgehead atoms. The van der Waals surface area contributed by atoms with Crippen molar-refractivity contribution in [2.45, 2.75) is 51.9 Å². The summed E-state index contributed by atoms with van der Waals surface area (Å²) < 4.78 is 10.3. The normalized spacial score (nSPS) is 10.7. The second-order valence-corrected chi connectivity index (χ2v) is 6.53. The largest absolute Gasteiger partial charge is 0.497 e. The van der Waals surface area contributed by atoms with E-state index in [4.69, 9.17) is 9.47 Å². The van der Waals surface area contributed by atoms with Gasteiger partial charge in [-0.05, 0) is 35.4 Å². The van der Waals surface area contributed by atoms with Crippen molar-refractivity contribution in [3.05, 3.63) is 42.0 Å². The first-order valence-electron chi connectivity index (χ1n) is 9.40. The molecule has 0 saturated heterocycles. The fourth-order valence-electron chi connectivity index (χ4n) is 2.88. The van der Waals surface area contributed by atoms with Crippen LogP contribution in [0.1, 0.15) is 62.2 Å². The summed E-state index contributed by atoms with van der Waals surface area (Å²) >= 11 is 0. The fourth-order valence-corrected chi connectivity index (χ4v) is 2.88. The molecule has 0 amide bonds. The van der Waals surface area contributed by atoms with Gasteiger partial charge in [-0.2, -0.15) is 0 Å². The van der Waals surface area contributed by atoms with Crippen LogP contribution in [0, 0.1) is 0 Å². The summed E-state index contributed by atoms with van der Waals surface area (Å²) in [6, 6.07) is 11.1. The topological polar surface area (TPSA) is 52.6 Å². The lowest BCUT2D eigenvalue weighted by Crippen LogP contribution is -2.14. The lowest BCUT2D eigenvalue weighted by Gasteiger charge is -2.07. The number of unbranched alkanes of at least 4 members (excludes halogenated alkanes) is 5. The Balaban J connectivity index is 1.78. The molecular weight excluding hydrogens is 328 g/mol. The van der Waals surface area contributed by atoms with Crippen molar-refractivity contribution in [1.82, 2.24) is 0 Å². The van der Waals surface area contributed by atoms with E-state index >= 15 is 0 Å². The van der Waals surface area contributed by atoms with Gasteiger partial charge < -0.3 is 9.47 Å². The van der Waals surface area contributed by atoms with Crippen molar-refractivity contribution in [1.29, 1.82) is 0 Å². The molecule has 4 heteroatoms. The van der Waals surface area contributed by atoms with Gasteiger partial charge in [-0.3, -0.25) is 9.59 Å². The number of hydrogen-bond acceptors (Lipinski definition) is 4. The van der Waals surface area contributed by atoms with Crippen LogP contribution in [0.3, 0.4) is 0 Å². The molecule has 26 heavy (non-hydrogen) atoms. The SMILES string of the molecule is CCCCCCCCC(=O)OCC(=O)c1ccc2cc(OC)ccc2c1. The predicted octanol–water partition coefficient (Wildman–Crippen LogP) is 5.32. The van der Waals surface area contributed by atoms with Crippen molar-refractivity contribution >= 4 is 22.5 Å². The Kier molecular flexibility index (Phi) is 8.13. The fraction of sp³-hybridized carbons (Fsp3) is 0.455. The molecular formula is C22H28O4. The van der Waals surface area contributed by atoms with Crippen molar-refractivity contribution in [2.75, 3.05) is 13.7 Å². The standard InChI is InChI=1S/C22H28O4/c1-3-4-5-6-7-8-9-22(24)26-16-21(23)19-11-10-18-15-20(25-2)13-12-17(18)14-19/h10-15H,3-9,16H2,1-2H3. The number of fused-ring (bicyclic) bond motifs is 1. The molecule has 0 heterocycles. The van der Waals surface area contributed by atoms with Gasteiger partial charge in [-0.25, -0.2) is 0 Å². The third-order valence-electron chi connectivity index (χ3n) is 4.47. The number of carbonyl (C=O) groups excluding carboxylic acids is 2. The molecule has 0 aliphatic heterocycles. The Morgan fingerprint density at radius 2 is 1.58 bits per heavy atom. The van der Waals surface area contributed by atoms with E-state index in [1.54, 1.807) is 13.2 Å². The van der Waals surface area contributed by atoms with Gasteiger partial charge in [-0.1, -0.05) is 57.2 Å². The van der Waals surface area contributed by atoms with E-state index in [0.717, 1.165) is 35.8 Å². The highest BCUT2D eigenvalue weighted by Gasteiger charge is 2.11. The van der Waals surface area contributed by atoms with Gasteiger partial charge in [0.05, 0.1) is 7.11 Å². The summed E-state index contributed by atoms with van der Waals surface area (Å²) in [4.78, 5) is 24.0. The average Bonchev–Trinajstić information content (AvgIpc) is 2.67. The molecule has 0 N–H and O–H groups in total. The summed E-state index contributed by atoms with van der Waals surface area (Å²) in [6.07, 6.45) is 7.09. The zero-order valence-corrected chi connectivity index (χ0v) is 15.8. The summed E-state index contributed by atoms with van der Waals surface area (Å²) in [5.41, 5.74) is 0.551. The zero-order chi connectivity index (χ0) is 18.8. The molecule has 140 valence electrons. The van der Waals surface area contributed by atoms with E-state index in [-0.39, 0.29) is 18.4 Å². The van der Waals surface area contributed by atoms with Crippen LogP contribution in [0.15, 0.2) is 36.4 Å². The number of carbonyl (C=O) groups is 2. The smallest absolute Gasteiger partial charge is 0.306 e. The molecule has 0 aliphatic carbocycles. The summed E-state index contributed by atoms with van der Waals surface area (Å²) in [5, 5.41) is 1.95. The second kappa shape index (κ2) is 10.6. The van der Waals surface area contributed by atoms with Gasteiger partial charge in [0.15, 0.2) is 12.4 Å². The molecule has 0 spiro atoms. The van der Waals surface area contributed by atoms with Crippen molar-refractivity contribution in [3.8, 4) is 5.75 Å². The van der Waals surface area contributed by atoms with Crippen molar-refractivity contribution in [2.24, 2.45) is 0 Å². The minimum absolute atomic E-state index is 0.181. The zero-order valence-electron chi connectivity index (χ0n) is 15.8. The number of ketones is 1. The molecule has 0 fully saturated rings. The first-order valence-corrected chi connectivity index (χ1v) is 9.40. The van der Waals surface area contributed by atoms with Gasteiger partial charge in [0, 0.05) is 12.0 Å². The van der Waals surface area contributed by atoms with E-state index in [1.165, 1.54) is 19.3 Å². The quantitative estimate of drug-likeness (QED) is 0.310. The number of benzene rings is 2. The highest BCUT2D eigenvalue weighted by molar-refractivity contribution is 6.01. The van der Waals surface area contributed by atoms with Crippen LogP contribution in [0.5, 0.6) is 5.75 Å². The number of Topliss-reactive ketones (excluding diaryl/α,β-unsaturated/α-hetero) is 1. The molecule has 2 rings (SSSR count). The Bertz CT molecular complexity index is 736. The monoisotopic (exact) mass is 356 g/mol. The first-order chi connectivity index (χ1) is 12.6. The van der Waals surface area contributed by atoms with Gasteiger partial charge in [0.1, 0.15) is 5.75 Å². The average molecular weight is 356 g/mol. The Labute approximate surface area is 155 Å². The van der Waals surface area contributed by atoms with E-state index in [0.29, 0.717) is 12.0 Å². The minimum Gasteiger partial charge on any atom is -0.497 e. The molecule has 0 aromatic heterocycles. The van der Waals surface area contributed by atoms with Crippen LogP contribution in [-0.2, 0) is 9.53 Å². The number of hydrogen-bond donors (Lipinski definition) is 0. The molecule has 2 aromatic carbocycles. The summed E-state index contributed by atoms with van der Waals surface area (Å²) in [5.74, 6) is 0.304. The molecule has 4 nitrogen and oxygen atoms in total. The Morgan fingerprint density at radius 1 is 0.885 bits per heavy atom. The second-order valence-electron chi connectivity index (χ2n) is 6.53. The van der Waals surface area contributed by atoms with E-state index in [9.17, 15) is 9.59 Å². The maximum Gasteiger partial charge on any atom is 0.306 e. The number of rotatable bonds is 11. The van der Waals surface area contributed by atoms with Crippen LogP contribution < -0.4 is 4.74 Å². The first kappa shape index (κ1) is 20.0. The maximum atomic E-state index is 12.3. The predicted molar refractivity (Wildman–Crippen MR) is 104 cm³/mol. The van der Waals surface area contributed by atoms with E-state index in [2.05, 4.69) is 6.92 Å². The van der Waals surface area contributed by atoms with E-state index < -0.39 is 0 Å². The van der Waals surface area contributed by atoms with Gasteiger partial charge in [0.2, 0.25) is 0 Å². The lowest BCUT2D eigenvalue weighted by atomic mass is 10.0. The van der Waals surface area contributed by atoms with Gasteiger partial charge in [-0.15, -0.1) is 0 Å². The van der Waals surface area contributed by atoms with Crippen molar-refractivity contribution in [3.63, 3.8) is 0 Å². The molecule has 0 unspecified atom stereocenters. The number of esters is 1. The molecule has 0 aliphatic rings. The van der Waals surface area contributed by atoms with Crippen molar-refractivity contribution < 1.29 is 19.1 Å². The highest BCUT2D eigenvalue weighted by Crippen LogP contribution is 2.22. The van der Waals surface area contributed by atoms with Crippen LogP contribution in [0.2, 0.25) is 0 Å². The number of ether oxygens (including phenoxy) is 2. The summed E-state index contributed by atoms with van der Waals surface area (Å²) in [7, 11) is 1.62.